The van der Waals surface area contributed by atoms with E-state index in [-0.39, 0.29) is 31.3 Å². The van der Waals surface area contributed by atoms with Gasteiger partial charge in [0.25, 0.3) is 0 Å². The summed E-state index contributed by atoms with van der Waals surface area (Å²) >= 11 is 17.8. The molecule has 0 saturated heterocycles. The van der Waals surface area contributed by atoms with E-state index in [9.17, 15) is 0 Å². The minimum absolute atomic E-state index is 0. The summed E-state index contributed by atoms with van der Waals surface area (Å²) in [7, 11) is 0. The largest absolute Gasteiger partial charge is 0.509 e. The zero-order valence-electron chi connectivity index (χ0n) is 20.5. The standard InChI is InChI=1S/C13H24OS2.C12H22OS2.CH4.Zn/c1-2-3-4-5-6-7-8-9-10-11-12-14-13(15)16;1-2-3-4-5-6-7-8-9-10-11-13-12(14)15;;/h3-4H,2,5-12H2,1H3,(H,15,16);9-10H,2-8,11H2,1H3,(H,14,15);1H4;/p-1/b4-3+;10-9+;;. The molecule has 0 rings (SSSR count). The van der Waals surface area contributed by atoms with Crippen LogP contribution in [0.2, 0.25) is 0 Å². The van der Waals surface area contributed by atoms with E-state index >= 15 is 0 Å². The molecule has 0 bridgehead atoms. The summed E-state index contributed by atoms with van der Waals surface area (Å²) in [5.74, 6) is 0. The molecule has 0 aromatic rings. The Morgan fingerprint density at radius 2 is 1.21 bits per heavy atom. The minimum atomic E-state index is 0. The normalized spacial score (nSPS) is 10.2. The number of thiocarbonyl (C=S) groups is 2. The van der Waals surface area contributed by atoms with Gasteiger partial charge in [0.15, 0.2) is 0 Å². The molecule has 0 fully saturated rings. The fraction of sp³-hybridized carbons (Fsp3) is 0.769. The van der Waals surface area contributed by atoms with E-state index in [2.05, 4.69) is 69.6 Å². The molecule has 2 nitrogen and oxygen atoms in total. The second-order valence-electron chi connectivity index (χ2n) is 7.49. The molecule has 192 valence electrons. The molecule has 33 heavy (non-hydrogen) atoms. The minimum Gasteiger partial charge on any atom is -0.509 e. The topological polar surface area (TPSA) is 18.5 Å². The van der Waals surface area contributed by atoms with Crippen LogP contribution in [0.5, 0.6) is 0 Å². The third-order valence-electron chi connectivity index (χ3n) is 4.58. The molecule has 0 aromatic heterocycles. The van der Waals surface area contributed by atoms with Crippen LogP contribution >= 0.6 is 37.1 Å². The molecule has 0 aliphatic carbocycles. The monoisotopic (exact) mass is 585 g/mol. The SMILES string of the molecule is C.CC/C=C/CCCCCCCCOC(=S)S.CCCCCCCC/C=C/COC(=S)[S-].[Zn]. The summed E-state index contributed by atoms with van der Waals surface area (Å²) in [6, 6.07) is 0. The molecule has 7 heteroatoms. The van der Waals surface area contributed by atoms with Crippen molar-refractivity contribution < 1.29 is 29.0 Å². The van der Waals surface area contributed by atoms with Crippen LogP contribution in [-0.2, 0) is 41.6 Å². The second kappa shape index (κ2) is 37.0. The summed E-state index contributed by atoms with van der Waals surface area (Å²) in [5, 5.41) is 0. The maximum absolute atomic E-state index is 5.10. The van der Waals surface area contributed by atoms with Crippen LogP contribution in [0.4, 0.5) is 0 Å². The molecular formula is C26H49O2S4Zn-. The van der Waals surface area contributed by atoms with Gasteiger partial charge in [0.05, 0.1) is 6.61 Å². The van der Waals surface area contributed by atoms with Gasteiger partial charge in [-0.2, -0.15) is 0 Å². The Morgan fingerprint density at radius 1 is 0.727 bits per heavy atom. The average Bonchev–Trinajstić information content (AvgIpc) is 2.73. The van der Waals surface area contributed by atoms with Crippen LogP contribution in [0.25, 0.3) is 0 Å². The number of thiol groups is 1. The van der Waals surface area contributed by atoms with Gasteiger partial charge in [0.2, 0.25) is 4.38 Å². The van der Waals surface area contributed by atoms with Crippen LogP contribution in [-0.4, -0.2) is 22.0 Å². The first-order valence-corrected chi connectivity index (χ1v) is 13.7. The Labute approximate surface area is 241 Å². The summed E-state index contributed by atoms with van der Waals surface area (Å²) in [6.07, 6.45) is 27.9. The first-order chi connectivity index (χ1) is 15.0. The van der Waals surface area contributed by atoms with Gasteiger partial charge >= 0.3 is 0 Å². The molecule has 0 aliphatic rings. The summed E-state index contributed by atoms with van der Waals surface area (Å²) in [5.41, 5.74) is 0. The molecule has 0 unspecified atom stereocenters. The fourth-order valence-electron chi connectivity index (χ4n) is 2.86. The van der Waals surface area contributed by atoms with E-state index in [1.165, 1.54) is 77.0 Å². The number of allylic oxidation sites excluding steroid dienone is 3. The summed E-state index contributed by atoms with van der Waals surface area (Å²) < 4.78 is 10.6. The van der Waals surface area contributed by atoms with E-state index in [0.717, 1.165) is 25.9 Å². The van der Waals surface area contributed by atoms with Gasteiger partial charge in [0.1, 0.15) is 6.61 Å². The Balaban J connectivity index is -0.000000241. The first kappa shape index (κ1) is 40.6. The third-order valence-corrected chi connectivity index (χ3v) is 5.06. The third kappa shape index (κ3) is 46.5. The zero-order valence-corrected chi connectivity index (χ0v) is 26.8. The fourth-order valence-corrected chi connectivity index (χ4v) is 3.17. The maximum atomic E-state index is 5.10. The zero-order chi connectivity index (χ0) is 23.4. The molecule has 0 N–H and O–H groups in total. The van der Waals surface area contributed by atoms with Crippen molar-refractivity contribution in [1.82, 2.24) is 0 Å². The second-order valence-corrected chi connectivity index (χ2v) is 9.57. The van der Waals surface area contributed by atoms with Gasteiger partial charge in [-0.15, -0.1) is 0 Å². The predicted octanol–water partition coefficient (Wildman–Crippen LogP) is 9.69. The Bertz CT molecular complexity index is 458. The Hall–Kier alpha value is 0.453. The van der Waals surface area contributed by atoms with Crippen molar-refractivity contribution in [2.24, 2.45) is 0 Å². The molecule has 0 aromatic carbocycles. The molecule has 0 aliphatic heterocycles. The van der Waals surface area contributed by atoms with Gasteiger partial charge < -0.3 is 34.3 Å². The molecule has 0 heterocycles. The van der Waals surface area contributed by atoms with Crippen LogP contribution in [0.3, 0.4) is 0 Å². The smallest absolute Gasteiger partial charge is 0.216 e. The van der Waals surface area contributed by atoms with Crippen LogP contribution in [0, 0.1) is 0 Å². The molecule has 0 spiro atoms. The van der Waals surface area contributed by atoms with E-state index in [0.29, 0.717) is 11.0 Å². The van der Waals surface area contributed by atoms with Gasteiger partial charge in [0, 0.05) is 23.9 Å². The van der Waals surface area contributed by atoms with E-state index in [1.807, 2.05) is 6.08 Å². The maximum Gasteiger partial charge on any atom is 0.216 e. The summed E-state index contributed by atoms with van der Waals surface area (Å²) in [6.45, 7) is 5.67. The van der Waals surface area contributed by atoms with Gasteiger partial charge in [-0.05, 0) is 50.7 Å². The first-order valence-electron chi connectivity index (χ1n) is 12.0. The average molecular weight is 587 g/mol. The quantitative estimate of drug-likeness (QED) is 0.0404. The number of unbranched alkanes of at least 4 members (excludes halogenated alkanes) is 12. The van der Waals surface area contributed by atoms with Crippen molar-refractivity contribution >= 4 is 58.5 Å². The molecule has 0 radical (unpaired) electrons. The van der Waals surface area contributed by atoms with Gasteiger partial charge in [-0.3, -0.25) is 0 Å². The van der Waals surface area contributed by atoms with Crippen molar-refractivity contribution in [1.29, 1.82) is 0 Å². The van der Waals surface area contributed by atoms with Crippen LogP contribution < -0.4 is 0 Å². The number of hydrogen-bond donors (Lipinski definition) is 1. The molecule has 0 saturated carbocycles. The molecule has 0 atom stereocenters. The number of hydrogen-bond acceptors (Lipinski definition) is 5. The van der Waals surface area contributed by atoms with Crippen molar-refractivity contribution in [3.63, 3.8) is 0 Å². The van der Waals surface area contributed by atoms with Crippen molar-refractivity contribution in [2.45, 2.75) is 118 Å². The summed E-state index contributed by atoms with van der Waals surface area (Å²) in [4.78, 5) is 0. The van der Waals surface area contributed by atoms with Crippen molar-refractivity contribution in [2.75, 3.05) is 13.2 Å². The molecular weight excluding hydrogens is 538 g/mol. The number of ether oxygens (including phenoxy) is 2. The predicted molar refractivity (Wildman–Crippen MR) is 159 cm³/mol. The van der Waals surface area contributed by atoms with Crippen molar-refractivity contribution in [3.8, 4) is 0 Å². The van der Waals surface area contributed by atoms with Gasteiger partial charge in [-0.25, -0.2) is 0 Å². The Kier molecular flexibility index (Phi) is 45.6. The van der Waals surface area contributed by atoms with Gasteiger partial charge in [-0.1, -0.05) is 116 Å². The van der Waals surface area contributed by atoms with Crippen LogP contribution in [0.15, 0.2) is 24.3 Å². The Morgan fingerprint density at radius 3 is 1.70 bits per heavy atom. The molecule has 0 amide bonds. The van der Waals surface area contributed by atoms with Crippen LogP contribution in [0.1, 0.15) is 118 Å². The van der Waals surface area contributed by atoms with E-state index in [1.54, 1.807) is 0 Å². The number of rotatable bonds is 19. The van der Waals surface area contributed by atoms with E-state index in [4.69, 9.17) is 21.7 Å². The van der Waals surface area contributed by atoms with E-state index < -0.39 is 0 Å². The van der Waals surface area contributed by atoms with Crippen molar-refractivity contribution in [3.05, 3.63) is 24.3 Å².